The Morgan fingerprint density at radius 2 is 0.808 bits per heavy atom. The van der Waals surface area contributed by atoms with E-state index in [4.69, 9.17) is 28.4 Å². The molecule has 0 unspecified atom stereocenters. The molecule has 0 spiro atoms. The quantitative estimate of drug-likeness (QED) is 0.216. The second-order valence-electron chi connectivity index (χ2n) is 5.35. The molecule has 0 saturated carbocycles. The van der Waals surface area contributed by atoms with Crippen LogP contribution in [0.15, 0.2) is 0 Å². The molecule has 6 nitrogen and oxygen atoms in total. The lowest BCUT2D eigenvalue weighted by molar-refractivity contribution is -0.0429. The Kier molecular flexibility index (Phi) is 15.0. The van der Waals surface area contributed by atoms with E-state index in [1.165, 1.54) is 0 Å². The monoisotopic (exact) mass is 430 g/mol. The Balaban J connectivity index is 5.29. The van der Waals surface area contributed by atoms with Crippen molar-refractivity contribution in [2.24, 2.45) is 0 Å². The lowest BCUT2D eigenvalue weighted by Gasteiger charge is -2.12. The summed E-state index contributed by atoms with van der Waals surface area (Å²) in [6.45, 7) is 0. The Bertz CT molecular complexity index is 478. The fourth-order valence-corrected chi connectivity index (χ4v) is 6.27. The first-order valence-electron chi connectivity index (χ1n) is 8.15. The summed E-state index contributed by atoms with van der Waals surface area (Å²) in [4.78, 5) is 0. The summed E-state index contributed by atoms with van der Waals surface area (Å²) in [5.74, 6) is 9.15. The van der Waals surface area contributed by atoms with Crippen LogP contribution in [0.1, 0.15) is 0 Å². The van der Waals surface area contributed by atoms with Crippen molar-refractivity contribution in [2.75, 3.05) is 42.7 Å². The predicted molar refractivity (Wildman–Crippen MR) is 115 cm³/mol. The van der Waals surface area contributed by atoms with E-state index < -0.39 is 33.6 Å². The minimum atomic E-state index is -0.845. The van der Waals surface area contributed by atoms with E-state index >= 15 is 0 Å². The van der Waals surface area contributed by atoms with E-state index in [-0.39, 0.29) is 17.7 Å². The average Bonchev–Trinajstić information content (AvgIpc) is 2.66. The lowest BCUT2D eigenvalue weighted by Crippen LogP contribution is -2.22. The highest BCUT2D eigenvalue weighted by atomic mass is 28.2. The van der Waals surface area contributed by atoms with Crippen LogP contribution in [0.4, 0.5) is 0 Å². The number of methoxy groups -OCH3 is 6. The molecule has 0 atom stereocenters. The van der Waals surface area contributed by atoms with Gasteiger partial charge in [0.25, 0.3) is 0 Å². The van der Waals surface area contributed by atoms with Gasteiger partial charge in [0.2, 0.25) is 0 Å². The third-order valence-electron chi connectivity index (χ3n) is 3.40. The van der Waals surface area contributed by atoms with Gasteiger partial charge < -0.3 is 28.4 Å². The molecule has 0 amide bonds. The molecule has 0 heterocycles. The molecule has 0 N–H and O–H groups in total. The van der Waals surface area contributed by atoms with Crippen LogP contribution in [0.25, 0.3) is 0 Å². The molecule has 0 aliphatic heterocycles. The van der Waals surface area contributed by atoms with Gasteiger partial charge in [0.1, 0.15) is 22.8 Å². The molecule has 0 radical (unpaired) electrons. The van der Waals surface area contributed by atoms with E-state index in [2.05, 4.69) is 34.4 Å². The summed E-state index contributed by atoms with van der Waals surface area (Å²) in [6.07, 6.45) is 0. The van der Waals surface area contributed by atoms with E-state index in [1.54, 1.807) is 42.7 Å². The number of hydrogen-bond acceptors (Lipinski definition) is 6. The minimum absolute atomic E-state index is 0.212. The van der Waals surface area contributed by atoms with Gasteiger partial charge in [0.05, 0.1) is 10.2 Å². The van der Waals surface area contributed by atoms with Crippen molar-refractivity contribution in [1.29, 1.82) is 0 Å². The molecule has 0 aliphatic carbocycles. The van der Waals surface area contributed by atoms with Crippen LogP contribution in [0, 0.1) is 34.4 Å². The highest BCUT2D eigenvalue weighted by molar-refractivity contribution is 6.49. The first kappa shape index (κ1) is 25.3. The molecule has 0 bridgehead atoms. The van der Waals surface area contributed by atoms with Crippen LogP contribution in [0.3, 0.4) is 0 Å². The molecule has 0 aromatic rings. The van der Waals surface area contributed by atoms with Crippen molar-refractivity contribution in [3.05, 3.63) is 0 Å². The van der Waals surface area contributed by atoms with Crippen LogP contribution in [-0.4, -0.2) is 99.2 Å². The van der Waals surface area contributed by atoms with Gasteiger partial charge in [0, 0.05) is 42.7 Å². The second kappa shape index (κ2) is 15.4. The zero-order valence-corrected chi connectivity index (χ0v) is 23.0. The SMILES string of the molecule is COC(OC)[SiH2]C#CC([SiH3])(C#C[SiH2]C(OC)OC)C#C[SiH2]C(OC)OC. The highest BCUT2D eigenvalue weighted by Crippen LogP contribution is 2.16. The van der Waals surface area contributed by atoms with Crippen LogP contribution < -0.4 is 0 Å². The lowest BCUT2D eigenvalue weighted by atomic mass is 10.2. The molecule has 0 aromatic heterocycles. The van der Waals surface area contributed by atoms with Gasteiger partial charge >= 0.3 is 0 Å². The molecule has 10 heteroatoms. The summed E-state index contributed by atoms with van der Waals surface area (Å²) in [6, 6.07) is 0. The highest BCUT2D eigenvalue weighted by Gasteiger charge is 2.15. The molecular weight excluding hydrogens is 401 g/mol. The van der Waals surface area contributed by atoms with Gasteiger partial charge in [-0.15, -0.1) is 16.6 Å². The fourth-order valence-electron chi connectivity index (χ4n) is 1.82. The van der Waals surface area contributed by atoms with Crippen LogP contribution in [0.5, 0.6) is 0 Å². The second-order valence-corrected chi connectivity index (χ2v) is 11.1. The maximum Gasteiger partial charge on any atom is 0.172 e. The molecular formula is C16H30O6Si4. The number of ether oxygens (including phenoxy) is 6. The predicted octanol–water partition coefficient (Wildman–Crippen LogP) is -3.37. The first-order chi connectivity index (χ1) is 12.5. The Hall–Kier alpha value is -0.692. The summed E-state index contributed by atoms with van der Waals surface area (Å²) in [5.41, 5.74) is 9.70. The molecule has 26 heavy (non-hydrogen) atoms. The normalized spacial score (nSPS) is 14.2. The van der Waals surface area contributed by atoms with Crippen molar-refractivity contribution >= 4 is 38.8 Å². The molecule has 0 aliphatic rings. The molecule has 0 fully saturated rings. The van der Waals surface area contributed by atoms with Crippen LogP contribution in [-0.2, 0) is 28.4 Å². The van der Waals surface area contributed by atoms with Crippen molar-refractivity contribution < 1.29 is 28.4 Å². The smallest absolute Gasteiger partial charge is 0.172 e. The Morgan fingerprint density at radius 3 is 1.00 bits per heavy atom. The summed E-state index contributed by atoms with van der Waals surface area (Å²) >= 11 is 0. The Morgan fingerprint density at radius 1 is 0.577 bits per heavy atom. The largest absolute Gasteiger partial charge is 0.359 e. The molecule has 0 aromatic carbocycles. The van der Waals surface area contributed by atoms with E-state index in [0.717, 1.165) is 0 Å². The Labute approximate surface area is 167 Å². The van der Waals surface area contributed by atoms with E-state index in [9.17, 15) is 0 Å². The molecule has 0 rings (SSSR count). The maximum atomic E-state index is 5.22. The van der Waals surface area contributed by atoms with Crippen molar-refractivity contribution in [3.8, 4) is 34.4 Å². The van der Waals surface area contributed by atoms with Gasteiger partial charge in [-0.25, -0.2) is 0 Å². The van der Waals surface area contributed by atoms with Gasteiger partial charge in [0.15, 0.2) is 28.6 Å². The average molecular weight is 431 g/mol. The third-order valence-corrected chi connectivity index (χ3v) is 8.29. The van der Waals surface area contributed by atoms with Crippen LogP contribution >= 0.6 is 0 Å². The number of rotatable bonds is 9. The van der Waals surface area contributed by atoms with Crippen LogP contribution in [0.2, 0.25) is 5.04 Å². The third kappa shape index (κ3) is 11.1. The van der Waals surface area contributed by atoms with E-state index in [1.807, 2.05) is 0 Å². The summed E-state index contributed by atoms with van der Waals surface area (Å²) in [5, 5.41) is -0.572. The van der Waals surface area contributed by atoms with Gasteiger partial charge in [-0.1, -0.05) is 17.8 Å². The summed E-state index contributed by atoms with van der Waals surface area (Å²) in [7, 11) is 7.92. The van der Waals surface area contributed by atoms with Gasteiger partial charge in [-0.2, -0.15) is 0 Å². The number of hydrogen-bond donors (Lipinski definition) is 0. The fraction of sp³-hybridized carbons (Fsp3) is 0.625. The minimum Gasteiger partial charge on any atom is -0.359 e. The zero-order valence-electron chi connectivity index (χ0n) is 16.8. The first-order valence-corrected chi connectivity index (χ1v) is 13.7. The zero-order chi connectivity index (χ0) is 19.8. The van der Waals surface area contributed by atoms with Gasteiger partial charge in [-0.05, 0) is 0 Å². The van der Waals surface area contributed by atoms with Gasteiger partial charge in [-0.3, -0.25) is 0 Å². The summed E-state index contributed by atoms with van der Waals surface area (Å²) < 4.78 is 31.3. The molecule has 0 saturated heterocycles. The molecule has 146 valence electrons. The standard InChI is InChI=1S/C16H30O6Si4/c1-17-13(18-2)24-10-7-16(23,8-11-25-14(19-3)20-4)9-12-26-15(21-5)22-6/h13-15H,24-26H2,1-6,23H3. The van der Waals surface area contributed by atoms with E-state index in [0.29, 0.717) is 10.2 Å². The maximum absolute atomic E-state index is 5.22. The van der Waals surface area contributed by atoms with Crippen molar-refractivity contribution in [3.63, 3.8) is 0 Å². The topological polar surface area (TPSA) is 55.4 Å². The van der Waals surface area contributed by atoms with Crippen molar-refractivity contribution in [2.45, 2.75) is 22.8 Å². The van der Waals surface area contributed by atoms with Crippen molar-refractivity contribution in [1.82, 2.24) is 0 Å².